The number of hydrogen-bond acceptors (Lipinski definition) is 4. The van der Waals surface area contributed by atoms with Crippen LogP contribution in [-0.2, 0) is 14.3 Å². The first kappa shape index (κ1) is 14.5. The molecule has 2 aliphatic heterocycles. The van der Waals surface area contributed by atoms with E-state index in [0.29, 0.717) is 13.2 Å². The topological polar surface area (TPSA) is 67.8 Å². The number of carboxylic acid groups (broad SMARTS) is 1. The van der Waals surface area contributed by atoms with Gasteiger partial charge in [0.2, 0.25) is 0 Å². The molecule has 0 saturated carbocycles. The zero-order chi connectivity index (χ0) is 14.7. The Kier molecular flexibility index (Phi) is 4.24. The first-order chi connectivity index (χ1) is 10.2. The summed E-state index contributed by atoms with van der Waals surface area (Å²) in [6.07, 6.45) is 2.54. The molecule has 0 aromatic heterocycles. The lowest BCUT2D eigenvalue weighted by Gasteiger charge is -2.38. The highest BCUT2D eigenvalue weighted by molar-refractivity contribution is 5.75. The van der Waals surface area contributed by atoms with Crippen molar-refractivity contribution in [2.45, 2.75) is 36.9 Å². The van der Waals surface area contributed by atoms with Crippen LogP contribution in [0.3, 0.4) is 0 Å². The molecule has 3 rings (SSSR count). The molecule has 3 atom stereocenters. The smallest absolute Gasteiger partial charge is 0.325 e. The molecule has 5 heteroatoms. The van der Waals surface area contributed by atoms with E-state index in [1.807, 2.05) is 30.3 Å². The minimum atomic E-state index is -0.843. The van der Waals surface area contributed by atoms with Crippen molar-refractivity contribution in [3.8, 4) is 0 Å². The number of ether oxygens (including phenoxy) is 2. The van der Waals surface area contributed by atoms with E-state index >= 15 is 0 Å². The Morgan fingerprint density at radius 3 is 2.81 bits per heavy atom. The maximum atomic E-state index is 11.6. The van der Waals surface area contributed by atoms with Gasteiger partial charge in [0.1, 0.15) is 6.04 Å². The third kappa shape index (κ3) is 3.26. The lowest BCUT2D eigenvalue weighted by molar-refractivity contribution is -0.141. The summed E-state index contributed by atoms with van der Waals surface area (Å²) in [7, 11) is 0. The fourth-order valence-electron chi connectivity index (χ4n) is 3.22. The molecule has 21 heavy (non-hydrogen) atoms. The average molecular weight is 291 g/mol. The minimum absolute atomic E-state index is 0.141. The van der Waals surface area contributed by atoms with Crippen LogP contribution in [0.2, 0.25) is 0 Å². The summed E-state index contributed by atoms with van der Waals surface area (Å²) < 4.78 is 11.3. The molecular weight excluding hydrogens is 270 g/mol. The van der Waals surface area contributed by atoms with Gasteiger partial charge in [-0.3, -0.25) is 10.1 Å². The normalized spacial score (nSPS) is 30.4. The molecule has 2 saturated heterocycles. The van der Waals surface area contributed by atoms with Crippen molar-refractivity contribution in [2.24, 2.45) is 0 Å². The van der Waals surface area contributed by atoms with E-state index in [2.05, 4.69) is 5.32 Å². The van der Waals surface area contributed by atoms with E-state index in [1.165, 1.54) is 0 Å². The van der Waals surface area contributed by atoms with Crippen LogP contribution in [0.1, 0.15) is 30.9 Å². The van der Waals surface area contributed by atoms with Crippen molar-refractivity contribution >= 4 is 5.97 Å². The molecule has 1 aromatic carbocycles. The monoisotopic (exact) mass is 291 g/mol. The Hall–Kier alpha value is -1.43. The molecule has 1 spiro atoms. The predicted molar refractivity (Wildman–Crippen MR) is 77.1 cm³/mol. The van der Waals surface area contributed by atoms with Gasteiger partial charge in [0.05, 0.1) is 12.2 Å². The fraction of sp³-hybridized carbons (Fsp3) is 0.562. The van der Waals surface area contributed by atoms with Crippen LogP contribution in [0.25, 0.3) is 0 Å². The zero-order valence-corrected chi connectivity index (χ0v) is 12.0. The van der Waals surface area contributed by atoms with Gasteiger partial charge in [-0.25, -0.2) is 0 Å². The minimum Gasteiger partial charge on any atom is -0.480 e. The molecule has 5 nitrogen and oxygen atoms in total. The lowest BCUT2D eigenvalue weighted by Crippen LogP contribution is -2.49. The van der Waals surface area contributed by atoms with Crippen molar-refractivity contribution in [3.63, 3.8) is 0 Å². The molecular formula is C16H21NO4. The van der Waals surface area contributed by atoms with Gasteiger partial charge in [0.25, 0.3) is 0 Å². The molecule has 0 radical (unpaired) electrons. The van der Waals surface area contributed by atoms with Gasteiger partial charge < -0.3 is 14.6 Å². The Balaban J connectivity index is 1.70. The highest BCUT2D eigenvalue weighted by Crippen LogP contribution is 2.33. The first-order valence-electron chi connectivity index (χ1n) is 7.44. The van der Waals surface area contributed by atoms with Crippen molar-refractivity contribution in [1.82, 2.24) is 5.32 Å². The Morgan fingerprint density at radius 2 is 2.14 bits per heavy atom. The molecule has 0 amide bonds. The van der Waals surface area contributed by atoms with E-state index in [9.17, 15) is 9.90 Å². The van der Waals surface area contributed by atoms with Gasteiger partial charge in [-0.15, -0.1) is 0 Å². The van der Waals surface area contributed by atoms with Gasteiger partial charge >= 0.3 is 5.97 Å². The number of hydrogen-bond donors (Lipinski definition) is 2. The Bertz CT molecular complexity index is 484. The second kappa shape index (κ2) is 6.13. The van der Waals surface area contributed by atoms with E-state index in [1.54, 1.807) is 0 Å². The highest BCUT2D eigenvalue weighted by atomic mass is 16.6. The van der Waals surface area contributed by atoms with E-state index in [-0.39, 0.29) is 11.6 Å². The molecule has 2 N–H and O–H groups in total. The SMILES string of the molecule is O=C(O)C(NC1CCOC2(CCOC2)C1)c1ccccc1. The summed E-state index contributed by atoms with van der Waals surface area (Å²) in [5, 5.41) is 12.8. The predicted octanol–water partition coefficient (Wildman–Crippen LogP) is 1.74. The van der Waals surface area contributed by atoms with E-state index in [0.717, 1.165) is 31.4 Å². The van der Waals surface area contributed by atoms with Crippen molar-refractivity contribution in [3.05, 3.63) is 35.9 Å². The van der Waals surface area contributed by atoms with Crippen LogP contribution < -0.4 is 5.32 Å². The third-order valence-electron chi connectivity index (χ3n) is 4.34. The van der Waals surface area contributed by atoms with Crippen LogP contribution in [0.15, 0.2) is 30.3 Å². The van der Waals surface area contributed by atoms with E-state index < -0.39 is 12.0 Å². The maximum Gasteiger partial charge on any atom is 0.325 e. The van der Waals surface area contributed by atoms with E-state index in [4.69, 9.17) is 9.47 Å². The molecule has 0 aliphatic carbocycles. The molecule has 2 aliphatic rings. The van der Waals surface area contributed by atoms with Gasteiger partial charge in [-0.2, -0.15) is 0 Å². The molecule has 1 aromatic rings. The van der Waals surface area contributed by atoms with Crippen LogP contribution in [0.5, 0.6) is 0 Å². The van der Waals surface area contributed by atoms with Crippen molar-refractivity contribution in [1.29, 1.82) is 0 Å². The van der Waals surface area contributed by atoms with Gasteiger partial charge in [-0.05, 0) is 18.4 Å². The quantitative estimate of drug-likeness (QED) is 0.884. The lowest BCUT2D eigenvalue weighted by atomic mass is 9.89. The van der Waals surface area contributed by atoms with Crippen LogP contribution in [0.4, 0.5) is 0 Å². The Morgan fingerprint density at radius 1 is 1.33 bits per heavy atom. The Labute approximate surface area is 124 Å². The summed E-state index contributed by atoms with van der Waals surface area (Å²) in [5.41, 5.74) is 0.573. The largest absolute Gasteiger partial charge is 0.480 e. The maximum absolute atomic E-state index is 11.6. The molecule has 114 valence electrons. The number of nitrogens with one attached hydrogen (secondary N) is 1. The summed E-state index contributed by atoms with van der Waals surface area (Å²) in [6.45, 7) is 2.00. The van der Waals surface area contributed by atoms with Crippen molar-refractivity contribution < 1.29 is 19.4 Å². The molecule has 0 bridgehead atoms. The standard InChI is InChI=1S/C16H21NO4/c18-15(19)14(12-4-2-1-3-5-12)17-13-6-8-21-16(10-13)7-9-20-11-16/h1-5,13-14,17H,6-11H2,(H,18,19). The number of rotatable bonds is 4. The summed E-state index contributed by atoms with van der Waals surface area (Å²) >= 11 is 0. The van der Waals surface area contributed by atoms with Crippen LogP contribution in [-0.4, -0.2) is 42.5 Å². The van der Waals surface area contributed by atoms with Gasteiger partial charge in [0.15, 0.2) is 0 Å². The van der Waals surface area contributed by atoms with Gasteiger partial charge in [0, 0.05) is 25.7 Å². The third-order valence-corrected chi connectivity index (χ3v) is 4.34. The number of carbonyl (C=O) groups is 1. The summed E-state index contributed by atoms with van der Waals surface area (Å²) in [4.78, 5) is 11.6. The second-order valence-electron chi connectivity index (χ2n) is 5.87. The number of carboxylic acids is 1. The fourth-order valence-corrected chi connectivity index (χ4v) is 3.22. The summed E-state index contributed by atoms with van der Waals surface area (Å²) in [5.74, 6) is -0.843. The van der Waals surface area contributed by atoms with Crippen LogP contribution in [0, 0.1) is 0 Å². The molecule has 3 unspecified atom stereocenters. The zero-order valence-electron chi connectivity index (χ0n) is 12.0. The number of aliphatic carboxylic acids is 1. The average Bonchev–Trinajstić information content (AvgIpc) is 2.93. The molecule has 2 fully saturated rings. The molecule has 2 heterocycles. The number of benzene rings is 1. The highest BCUT2D eigenvalue weighted by Gasteiger charge is 2.41. The van der Waals surface area contributed by atoms with Crippen LogP contribution >= 0.6 is 0 Å². The van der Waals surface area contributed by atoms with Crippen molar-refractivity contribution in [2.75, 3.05) is 19.8 Å². The first-order valence-corrected chi connectivity index (χ1v) is 7.44. The second-order valence-corrected chi connectivity index (χ2v) is 5.87. The summed E-state index contributed by atoms with van der Waals surface area (Å²) in [6, 6.07) is 8.78. The van der Waals surface area contributed by atoms with Gasteiger partial charge in [-0.1, -0.05) is 30.3 Å².